The number of anilines is 1. The molecular formula is C19H14N2O4S. The lowest BCUT2D eigenvalue weighted by atomic mass is 10.1. The number of fused-ring (bicyclic) bond motifs is 3. The van der Waals surface area contributed by atoms with Gasteiger partial charge in [0.05, 0.1) is 4.90 Å². The molecule has 3 aromatic carbocycles. The van der Waals surface area contributed by atoms with Gasteiger partial charge in [0, 0.05) is 22.0 Å². The lowest BCUT2D eigenvalue weighted by molar-refractivity contribution is 0.102. The SMILES string of the molecule is NS(=O)(=O)c1ccc(NC(=O)c2ccc3oc4ccccc4c3c2)cc1. The van der Waals surface area contributed by atoms with E-state index in [0.29, 0.717) is 16.8 Å². The molecule has 0 aliphatic heterocycles. The molecule has 4 aromatic rings. The second kappa shape index (κ2) is 5.98. The fourth-order valence-corrected chi connectivity index (χ4v) is 3.31. The van der Waals surface area contributed by atoms with Gasteiger partial charge in [-0.1, -0.05) is 18.2 Å². The molecule has 0 aliphatic rings. The molecule has 26 heavy (non-hydrogen) atoms. The largest absolute Gasteiger partial charge is 0.456 e. The normalized spacial score (nSPS) is 11.7. The maximum Gasteiger partial charge on any atom is 0.255 e. The number of para-hydroxylation sites is 1. The van der Waals surface area contributed by atoms with Crippen molar-refractivity contribution < 1.29 is 17.6 Å². The highest BCUT2D eigenvalue weighted by atomic mass is 32.2. The molecule has 0 fully saturated rings. The van der Waals surface area contributed by atoms with Gasteiger partial charge in [-0.15, -0.1) is 0 Å². The van der Waals surface area contributed by atoms with Crippen molar-refractivity contribution in [2.75, 3.05) is 5.32 Å². The molecule has 1 amide bonds. The van der Waals surface area contributed by atoms with Gasteiger partial charge in [0.1, 0.15) is 11.2 Å². The lowest BCUT2D eigenvalue weighted by Gasteiger charge is -2.06. The molecule has 3 N–H and O–H groups in total. The predicted octanol–water partition coefficient (Wildman–Crippen LogP) is 3.49. The summed E-state index contributed by atoms with van der Waals surface area (Å²) < 4.78 is 28.3. The highest BCUT2D eigenvalue weighted by Gasteiger charge is 2.12. The van der Waals surface area contributed by atoms with E-state index in [1.54, 1.807) is 18.2 Å². The van der Waals surface area contributed by atoms with Crippen molar-refractivity contribution in [1.29, 1.82) is 0 Å². The number of rotatable bonds is 3. The van der Waals surface area contributed by atoms with Gasteiger partial charge in [0.15, 0.2) is 0 Å². The molecule has 0 bridgehead atoms. The molecule has 4 rings (SSSR count). The van der Waals surface area contributed by atoms with Crippen molar-refractivity contribution in [3.8, 4) is 0 Å². The van der Waals surface area contributed by atoms with Crippen LogP contribution >= 0.6 is 0 Å². The van der Waals surface area contributed by atoms with Crippen LogP contribution in [0.2, 0.25) is 0 Å². The number of sulfonamides is 1. The Morgan fingerprint density at radius 2 is 1.58 bits per heavy atom. The summed E-state index contributed by atoms with van der Waals surface area (Å²) in [7, 11) is -3.76. The van der Waals surface area contributed by atoms with Gasteiger partial charge in [0.2, 0.25) is 10.0 Å². The molecule has 0 aliphatic carbocycles. The van der Waals surface area contributed by atoms with Crippen LogP contribution < -0.4 is 10.5 Å². The number of amides is 1. The number of furan rings is 1. The Morgan fingerprint density at radius 1 is 0.885 bits per heavy atom. The fourth-order valence-electron chi connectivity index (χ4n) is 2.80. The number of primary sulfonamides is 1. The maximum absolute atomic E-state index is 12.5. The number of carbonyl (C=O) groups is 1. The Hall–Kier alpha value is -3.16. The third-order valence-corrected chi connectivity index (χ3v) is 5.01. The zero-order valence-electron chi connectivity index (χ0n) is 13.5. The minimum Gasteiger partial charge on any atom is -0.456 e. The van der Waals surface area contributed by atoms with E-state index in [0.717, 1.165) is 16.4 Å². The third kappa shape index (κ3) is 2.94. The van der Waals surface area contributed by atoms with Gasteiger partial charge in [-0.3, -0.25) is 4.79 Å². The molecular weight excluding hydrogens is 352 g/mol. The minimum atomic E-state index is -3.76. The number of nitrogens with one attached hydrogen (secondary N) is 1. The average molecular weight is 366 g/mol. The van der Waals surface area contributed by atoms with Crippen LogP contribution in [0.3, 0.4) is 0 Å². The van der Waals surface area contributed by atoms with Gasteiger partial charge >= 0.3 is 0 Å². The van der Waals surface area contributed by atoms with Gasteiger partial charge in [-0.25, -0.2) is 13.6 Å². The third-order valence-electron chi connectivity index (χ3n) is 4.08. The summed E-state index contributed by atoms with van der Waals surface area (Å²) >= 11 is 0. The maximum atomic E-state index is 12.5. The van der Waals surface area contributed by atoms with Crippen LogP contribution in [0, 0.1) is 0 Å². The minimum absolute atomic E-state index is 0.0122. The quantitative estimate of drug-likeness (QED) is 0.579. The summed E-state index contributed by atoms with van der Waals surface area (Å²) in [5, 5.41) is 9.60. The molecule has 7 heteroatoms. The molecule has 0 spiro atoms. The van der Waals surface area contributed by atoms with Crippen molar-refractivity contribution in [2.45, 2.75) is 4.90 Å². The number of nitrogens with two attached hydrogens (primary N) is 1. The van der Waals surface area contributed by atoms with Crippen LogP contribution in [-0.4, -0.2) is 14.3 Å². The molecule has 1 heterocycles. The van der Waals surface area contributed by atoms with Gasteiger partial charge in [-0.05, 0) is 48.5 Å². The number of hydrogen-bond donors (Lipinski definition) is 2. The van der Waals surface area contributed by atoms with Crippen LogP contribution in [0.25, 0.3) is 21.9 Å². The topological polar surface area (TPSA) is 102 Å². The van der Waals surface area contributed by atoms with Crippen molar-refractivity contribution in [2.24, 2.45) is 5.14 Å². The summed E-state index contributed by atoms with van der Waals surface area (Å²) in [6.45, 7) is 0. The fraction of sp³-hybridized carbons (Fsp3) is 0. The molecule has 6 nitrogen and oxygen atoms in total. The second-order valence-electron chi connectivity index (χ2n) is 5.83. The standard InChI is InChI=1S/C19H14N2O4S/c20-26(23,24)14-8-6-13(7-9-14)21-19(22)12-5-10-18-16(11-12)15-3-1-2-4-17(15)25-18/h1-11H,(H,21,22)(H2,20,23,24). The number of hydrogen-bond acceptors (Lipinski definition) is 4. The average Bonchev–Trinajstić information content (AvgIpc) is 2.99. The summed E-state index contributed by atoms with van der Waals surface area (Å²) in [5.74, 6) is -0.305. The summed E-state index contributed by atoms with van der Waals surface area (Å²) in [6.07, 6.45) is 0. The van der Waals surface area contributed by atoms with Crippen molar-refractivity contribution >= 4 is 43.6 Å². The molecule has 0 saturated heterocycles. The Bertz CT molecular complexity index is 1240. The Labute approximate surface area is 149 Å². The lowest BCUT2D eigenvalue weighted by Crippen LogP contribution is -2.13. The van der Waals surface area contributed by atoms with E-state index in [4.69, 9.17) is 9.56 Å². The van der Waals surface area contributed by atoms with Crippen molar-refractivity contribution in [3.05, 3.63) is 72.3 Å². The zero-order chi connectivity index (χ0) is 18.3. The number of benzene rings is 3. The Balaban J connectivity index is 1.64. The molecule has 0 atom stereocenters. The van der Waals surface area contributed by atoms with E-state index >= 15 is 0 Å². The summed E-state index contributed by atoms with van der Waals surface area (Å²) in [6, 6.07) is 18.5. The van der Waals surface area contributed by atoms with E-state index in [1.807, 2.05) is 24.3 Å². The molecule has 130 valence electrons. The van der Waals surface area contributed by atoms with Crippen LogP contribution in [-0.2, 0) is 10.0 Å². The Kier molecular flexibility index (Phi) is 3.75. The summed E-state index contributed by atoms with van der Waals surface area (Å²) in [4.78, 5) is 12.5. The summed E-state index contributed by atoms with van der Waals surface area (Å²) in [5.41, 5.74) is 2.41. The highest BCUT2D eigenvalue weighted by Crippen LogP contribution is 2.29. The van der Waals surface area contributed by atoms with E-state index in [1.165, 1.54) is 24.3 Å². The highest BCUT2D eigenvalue weighted by molar-refractivity contribution is 7.89. The van der Waals surface area contributed by atoms with Gasteiger partial charge in [-0.2, -0.15) is 0 Å². The predicted molar refractivity (Wildman–Crippen MR) is 99.5 cm³/mol. The molecule has 0 saturated carbocycles. The first-order chi connectivity index (χ1) is 12.4. The molecule has 0 radical (unpaired) electrons. The van der Waals surface area contributed by atoms with E-state index in [9.17, 15) is 13.2 Å². The van der Waals surface area contributed by atoms with Gasteiger partial charge in [0.25, 0.3) is 5.91 Å². The van der Waals surface area contributed by atoms with Crippen molar-refractivity contribution in [1.82, 2.24) is 0 Å². The first-order valence-electron chi connectivity index (χ1n) is 7.77. The monoisotopic (exact) mass is 366 g/mol. The van der Waals surface area contributed by atoms with Crippen LogP contribution in [0.4, 0.5) is 5.69 Å². The van der Waals surface area contributed by atoms with Crippen LogP contribution in [0.5, 0.6) is 0 Å². The van der Waals surface area contributed by atoms with Gasteiger partial charge < -0.3 is 9.73 Å². The second-order valence-corrected chi connectivity index (χ2v) is 7.39. The van der Waals surface area contributed by atoms with E-state index in [2.05, 4.69) is 5.32 Å². The van der Waals surface area contributed by atoms with Crippen molar-refractivity contribution in [3.63, 3.8) is 0 Å². The van der Waals surface area contributed by atoms with Crippen LogP contribution in [0.1, 0.15) is 10.4 Å². The molecule has 1 aromatic heterocycles. The first kappa shape index (κ1) is 16.3. The van der Waals surface area contributed by atoms with Crippen LogP contribution in [0.15, 0.2) is 76.0 Å². The zero-order valence-corrected chi connectivity index (χ0v) is 14.3. The van der Waals surface area contributed by atoms with E-state index < -0.39 is 10.0 Å². The van der Waals surface area contributed by atoms with E-state index in [-0.39, 0.29) is 10.8 Å². The first-order valence-corrected chi connectivity index (χ1v) is 9.32. The Morgan fingerprint density at radius 3 is 2.31 bits per heavy atom. The smallest absolute Gasteiger partial charge is 0.255 e. The number of carbonyl (C=O) groups excluding carboxylic acids is 1. The molecule has 0 unspecified atom stereocenters.